The van der Waals surface area contributed by atoms with E-state index in [9.17, 15) is 9.59 Å². The molecule has 0 saturated carbocycles. The highest BCUT2D eigenvalue weighted by molar-refractivity contribution is 5.83. The zero-order valence-corrected chi connectivity index (χ0v) is 17.7. The van der Waals surface area contributed by atoms with Crippen molar-refractivity contribution in [1.29, 1.82) is 0 Å². The minimum absolute atomic E-state index is 0.0376. The van der Waals surface area contributed by atoms with E-state index in [4.69, 9.17) is 5.73 Å². The highest BCUT2D eigenvalue weighted by Crippen LogP contribution is 2.23. The lowest BCUT2D eigenvalue weighted by Gasteiger charge is -2.11. The fourth-order valence-electron chi connectivity index (χ4n) is 3.47. The number of anilines is 1. The number of imidazole rings is 1. The molecule has 2 aromatic carbocycles. The lowest BCUT2D eigenvalue weighted by Crippen LogP contribution is -2.23. The second kappa shape index (κ2) is 8.06. The Kier molecular flexibility index (Phi) is 5.29. The van der Waals surface area contributed by atoms with E-state index in [0.717, 1.165) is 33.4 Å². The molecule has 2 heterocycles. The van der Waals surface area contributed by atoms with Crippen LogP contribution in [0.1, 0.15) is 11.1 Å². The summed E-state index contributed by atoms with van der Waals surface area (Å²) in [6.45, 7) is 0.540. The first kappa shape index (κ1) is 20.3. The monoisotopic (exact) mass is 416 g/mol. The van der Waals surface area contributed by atoms with Gasteiger partial charge in [0.1, 0.15) is 0 Å². The molecule has 0 aliphatic heterocycles. The molecule has 0 fully saturated rings. The maximum absolute atomic E-state index is 12.0. The van der Waals surface area contributed by atoms with Gasteiger partial charge >= 0.3 is 0 Å². The molecule has 4 rings (SSSR count). The predicted molar refractivity (Wildman–Crippen MR) is 121 cm³/mol. The maximum Gasteiger partial charge on any atom is 0.266 e. The number of amides is 1. The number of nitrogens with two attached hydrogens (primary N) is 1. The molecule has 0 atom stereocenters. The summed E-state index contributed by atoms with van der Waals surface area (Å²) in [5, 5.41) is 4.32. The molecule has 0 spiro atoms. The molecule has 2 aromatic heterocycles. The molecule has 31 heavy (non-hydrogen) atoms. The number of carbonyl (C=O) groups is 1. The zero-order valence-electron chi connectivity index (χ0n) is 17.7. The van der Waals surface area contributed by atoms with Gasteiger partial charge in [-0.2, -0.15) is 5.10 Å². The summed E-state index contributed by atoms with van der Waals surface area (Å²) in [5.41, 5.74) is 11.3. The van der Waals surface area contributed by atoms with Crippen LogP contribution in [0.3, 0.4) is 0 Å². The molecule has 0 radical (unpaired) electrons. The first-order valence-corrected chi connectivity index (χ1v) is 9.90. The molecule has 158 valence electrons. The van der Waals surface area contributed by atoms with Crippen LogP contribution in [0.2, 0.25) is 0 Å². The molecule has 4 aromatic rings. The van der Waals surface area contributed by atoms with Gasteiger partial charge in [-0.05, 0) is 35.4 Å². The topological polar surface area (TPSA) is 99.0 Å². The Labute approximate surface area is 179 Å². The van der Waals surface area contributed by atoms with Gasteiger partial charge < -0.3 is 15.2 Å². The molecule has 0 bridgehead atoms. The van der Waals surface area contributed by atoms with Crippen LogP contribution >= 0.6 is 0 Å². The van der Waals surface area contributed by atoms with Crippen molar-refractivity contribution in [1.82, 2.24) is 24.2 Å². The van der Waals surface area contributed by atoms with Gasteiger partial charge in [0.15, 0.2) is 0 Å². The minimum Gasteiger partial charge on any atom is -0.369 e. The van der Waals surface area contributed by atoms with E-state index in [2.05, 4.69) is 10.1 Å². The second-order valence-corrected chi connectivity index (χ2v) is 7.72. The van der Waals surface area contributed by atoms with E-state index in [1.54, 1.807) is 32.1 Å². The van der Waals surface area contributed by atoms with E-state index in [-0.39, 0.29) is 11.5 Å². The van der Waals surface area contributed by atoms with Crippen LogP contribution in [-0.2, 0) is 24.8 Å². The summed E-state index contributed by atoms with van der Waals surface area (Å²) in [7, 11) is 5.12. The van der Waals surface area contributed by atoms with Crippen molar-refractivity contribution < 1.29 is 4.79 Å². The van der Waals surface area contributed by atoms with E-state index in [1.165, 1.54) is 10.7 Å². The van der Waals surface area contributed by atoms with Crippen LogP contribution < -0.4 is 11.3 Å². The molecular weight excluding hydrogens is 392 g/mol. The normalized spacial score (nSPS) is 11.1. The van der Waals surface area contributed by atoms with Crippen LogP contribution in [0.4, 0.5) is 5.95 Å². The molecule has 1 amide bonds. The average molecular weight is 416 g/mol. The number of carbonyl (C=O) groups excluding carboxylic acids is 1. The van der Waals surface area contributed by atoms with Crippen LogP contribution in [0.15, 0.2) is 59.4 Å². The molecule has 0 aliphatic carbocycles. The van der Waals surface area contributed by atoms with Crippen molar-refractivity contribution in [3.8, 4) is 11.3 Å². The Balaban J connectivity index is 1.64. The van der Waals surface area contributed by atoms with Gasteiger partial charge in [0.2, 0.25) is 11.9 Å². The summed E-state index contributed by atoms with van der Waals surface area (Å²) in [5.74, 6) is 0.451. The predicted octanol–water partition coefficient (Wildman–Crippen LogP) is 2.06. The van der Waals surface area contributed by atoms with Crippen molar-refractivity contribution in [3.05, 3.63) is 76.1 Å². The number of hydrogen-bond donors (Lipinski definition) is 1. The van der Waals surface area contributed by atoms with E-state index < -0.39 is 0 Å². The standard InChI is InChI=1S/C23H24N6O2/c1-27(2)22(31)13-15-7-9-20-19(12-15)25-23(24)29(20)14-16-5-4-6-17(11-16)18-8-10-21(30)28(3)26-18/h4-12H,13-14H2,1-3H3,(H2,24,25). The van der Waals surface area contributed by atoms with Gasteiger partial charge in [-0.1, -0.05) is 24.3 Å². The van der Waals surface area contributed by atoms with Gasteiger partial charge in [0, 0.05) is 32.8 Å². The SMILES string of the molecule is CN(C)C(=O)Cc1ccc2c(c1)nc(N)n2Cc1cccc(-c2ccc(=O)n(C)n2)c1. The number of aryl methyl sites for hydroxylation is 1. The minimum atomic E-state index is -0.149. The maximum atomic E-state index is 12.0. The number of aromatic nitrogens is 4. The van der Waals surface area contributed by atoms with Gasteiger partial charge in [-0.15, -0.1) is 0 Å². The molecule has 8 heteroatoms. The second-order valence-electron chi connectivity index (χ2n) is 7.72. The summed E-state index contributed by atoms with van der Waals surface area (Å²) >= 11 is 0. The first-order valence-electron chi connectivity index (χ1n) is 9.90. The summed E-state index contributed by atoms with van der Waals surface area (Å²) < 4.78 is 3.27. The number of likely N-dealkylation sites (N-methyl/N-ethyl adjacent to an activating group) is 1. The Morgan fingerprint density at radius 2 is 1.87 bits per heavy atom. The van der Waals surface area contributed by atoms with Crippen molar-refractivity contribution in [2.24, 2.45) is 7.05 Å². The van der Waals surface area contributed by atoms with E-state index >= 15 is 0 Å². The van der Waals surface area contributed by atoms with Crippen LogP contribution in [0.5, 0.6) is 0 Å². The fourth-order valence-corrected chi connectivity index (χ4v) is 3.47. The van der Waals surface area contributed by atoms with Crippen LogP contribution in [-0.4, -0.2) is 44.2 Å². The Bertz CT molecular complexity index is 1340. The number of rotatable bonds is 5. The molecule has 8 nitrogen and oxygen atoms in total. The molecule has 2 N–H and O–H groups in total. The number of benzene rings is 2. The largest absolute Gasteiger partial charge is 0.369 e. The highest BCUT2D eigenvalue weighted by atomic mass is 16.2. The fraction of sp³-hybridized carbons (Fsp3) is 0.217. The number of nitrogen functional groups attached to an aromatic ring is 1. The Morgan fingerprint density at radius 3 is 2.61 bits per heavy atom. The van der Waals surface area contributed by atoms with Gasteiger partial charge in [-0.25, -0.2) is 9.67 Å². The Morgan fingerprint density at radius 1 is 1.06 bits per heavy atom. The zero-order chi connectivity index (χ0) is 22.1. The molecule has 0 saturated heterocycles. The molecular formula is C23H24N6O2. The van der Waals surface area contributed by atoms with Crippen molar-refractivity contribution in [2.45, 2.75) is 13.0 Å². The summed E-state index contributed by atoms with van der Waals surface area (Å²) in [6, 6.07) is 17.0. The van der Waals surface area contributed by atoms with Gasteiger partial charge in [0.05, 0.1) is 29.7 Å². The molecule has 0 unspecified atom stereocenters. The third kappa shape index (κ3) is 4.18. The number of hydrogen-bond acceptors (Lipinski definition) is 5. The van der Waals surface area contributed by atoms with Crippen molar-refractivity contribution >= 4 is 22.9 Å². The number of fused-ring (bicyclic) bond motifs is 1. The van der Waals surface area contributed by atoms with Crippen molar-refractivity contribution in [3.63, 3.8) is 0 Å². The quantitative estimate of drug-likeness (QED) is 0.537. The highest BCUT2D eigenvalue weighted by Gasteiger charge is 2.12. The number of nitrogens with zero attached hydrogens (tertiary/aromatic N) is 5. The molecule has 0 aliphatic rings. The van der Waals surface area contributed by atoms with E-state index in [0.29, 0.717) is 18.9 Å². The smallest absolute Gasteiger partial charge is 0.266 e. The summed E-state index contributed by atoms with van der Waals surface area (Å²) in [6.07, 6.45) is 0.324. The third-order valence-electron chi connectivity index (χ3n) is 5.22. The third-order valence-corrected chi connectivity index (χ3v) is 5.22. The van der Waals surface area contributed by atoms with E-state index in [1.807, 2.05) is 47.0 Å². The van der Waals surface area contributed by atoms with Crippen molar-refractivity contribution in [2.75, 3.05) is 19.8 Å². The lowest BCUT2D eigenvalue weighted by molar-refractivity contribution is -0.127. The first-order chi connectivity index (χ1) is 14.8. The lowest BCUT2D eigenvalue weighted by atomic mass is 10.1. The average Bonchev–Trinajstić information content (AvgIpc) is 3.04. The Hall–Kier alpha value is -3.94. The van der Waals surface area contributed by atoms with Gasteiger partial charge in [0.25, 0.3) is 5.56 Å². The van der Waals surface area contributed by atoms with Crippen LogP contribution in [0, 0.1) is 0 Å². The van der Waals surface area contributed by atoms with Crippen LogP contribution in [0.25, 0.3) is 22.3 Å². The van der Waals surface area contributed by atoms with Gasteiger partial charge in [-0.3, -0.25) is 9.59 Å². The summed E-state index contributed by atoms with van der Waals surface area (Å²) in [4.78, 5) is 29.7.